The first kappa shape index (κ1) is 21.7. The fraction of sp³-hybridized carbons (Fsp3) is 0.500. The van der Waals surface area contributed by atoms with E-state index in [4.69, 9.17) is 4.74 Å². The summed E-state index contributed by atoms with van der Waals surface area (Å²) in [6.45, 7) is 7.76. The number of hydrogen-bond donors (Lipinski definition) is 0. The van der Waals surface area contributed by atoms with Gasteiger partial charge in [-0.1, -0.05) is 32.9 Å². The van der Waals surface area contributed by atoms with Crippen LogP contribution in [0.2, 0.25) is 0 Å². The number of hydrogen-bond acceptors (Lipinski definition) is 7. The molecule has 0 bridgehead atoms. The van der Waals surface area contributed by atoms with Gasteiger partial charge in [0.25, 0.3) is 5.69 Å². The minimum atomic E-state index is -0.877. The van der Waals surface area contributed by atoms with E-state index < -0.39 is 34.2 Å². The van der Waals surface area contributed by atoms with Gasteiger partial charge in [0.2, 0.25) is 0 Å². The van der Waals surface area contributed by atoms with E-state index in [1.165, 1.54) is 12.1 Å². The quantitative estimate of drug-likeness (QED) is 0.414. The lowest BCUT2D eigenvalue weighted by atomic mass is 9.67. The Labute approximate surface area is 174 Å². The summed E-state index contributed by atoms with van der Waals surface area (Å²) in [5.41, 5.74) is 1.01. The number of rotatable bonds is 5. The Hall–Kier alpha value is -3.03. The molecule has 0 N–H and O–H groups in total. The van der Waals surface area contributed by atoms with Gasteiger partial charge in [-0.05, 0) is 36.5 Å². The van der Waals surface area contributed by atoms with Gasteiger partial charge in [0.1, 0.15) is 5.92 Å². The molecule has 0 amide bonds. The Morgan fingerprint density at radius 3 is 2.67 bits per heavy atom. The molecule has 0 saturated heterocycles. The van der Waals surface area contributed by atoms with Crippen molar-refractivity contribution in [3.8, 4) is 5.75 Å². The van der Waals surface area contributed by atoms with E-state index in [2.05, 4.69) is 4.99 Å². The number of nitrogens with zero attached hydrogens (tertiary/aromatic N) is 2. The number of carbonyl (C=O) groups is 2. The van der Waals surface area contributed by atoms with Crippen LogP contribution in [0.4, 0.5) is 5.69 Å². The van der Waals surface area contributed by atoms with Crippen LogP contribution < -0.4 is 5.11 Å². The fourth-order valence-corrected chi connectivity index (χ4v) is 4.27. The maximum Gasteiger partial charge on any atom is 0.315 e. The van der Waals surface area contributed by atoms with E-state index in [0.29, 0.717) is 35.4 Å². The van der Waals surface area contributed by atoms with Crippen LogP contribution in [0.1, 0.15) is 58.4 Å². The number of carbonyl (C=O) groups excluding carboxylic acids is 2. The smallest absolute Gasteiger partial charge is 0.315 e. The van der Waals surface area contributed by atoms with E-state index in [1.54, 1.807) is 6.92 Å². The van der Waals surface area contributed by atoms with Crippen molar-refractivity contribution in [2.45, 2.75) is 52.9 Å². The van der Waals surface area contributed by atoms with Crippen LogP contribution in [0.25, 0.3) is 0 Å². The summed E-state index contributed by atoms with van der Waals surface area (Å²) >= 11 is 0. The van der Waals surface area contributed by atoms with Gasteiger partial charge in [0.05, 0.1) is 11.5 Å². The normalized spacial score (nSPS) is 22.9. The summed E-state index contributed by atoms with van der Waals surface area (Å²) in [7, 11) is 0. The first-order valence-electron chi connectivity index (χ1n) is 9.99. The van der Waals surface area contributed by atoms with E-state index in [1.807, 2.05) is 20.8 Å². The van der Waals surface area contributed by atoms with Crippen LogP contribution in [0.5, 0.6) is 5.75 Å². The van der Waals surface area contributed by atoms with Gasteiger partial charge in [0.15, 0.2) is 5.78 Å². The molecule has 8 heteroatoms. The molecule has 1 aliphatic heterocycles. The van der Waals surface area contributed by atoms with Crippen molar-refractivity contribution >= 4 is 23.2 Å². The molecular weight excluding hydrogens is 388 g/mol. The Balaban J connectivity index is 2.19. The van der Waals surface area contributed by atoms with Crippen molar-refractivity contribution in [3.05, 3.63) is 45.1 Å². The largest absolute Gasteiger partial charge is 0.868 e. The van der Waals surface area contributed by atoms with Crippen LogP contribution in [-0.4, -0.2) is 29.0 Å². The van der Waals surface area contributed by atoms with Crippen molar-refractivity contribution in [2.75, 3.05) is 6.61 Å². The van der Waals surface area contributed by atoms with Crippen LogP contribution >= 0.6 is 0 Å². The number of esters is 1. The van der Waals surface area contributed by atoms with Crippen LogP contribution in [0.3, 0.4) is 0 Å². The summed E-state index contributed by atoms with van der Waals surface area (Å²) in [5, 5.41) is 23.2. The Morgan fingerprint density at radius 1 is 1.33 bits per heavy atom. The van der Waals surface area contributed by atoms with Crippen molar-refractivity contribution in [2.24, 2.45) is 16.3 Å². The highest BCUT2D eigenvalue weighted by molar-refractivity contribution is 6.09. The number of Topliss-reactive ketones (excluding diaryl/α,β-unsaturated/α-hetero) is 1. The summed E-state index contributed by atoms with van der Waals surface area (Å²) < 4.78 is 5.36. The van der Waals surface area contributed by atoms with Crippen molar-refractivity contribution in [1.29, 1.82) is 0 Å². The summed E-state index contributed by atoms with van der Waals surface area (Å²) in [6.07, 6.45) is 1.48. The Bertz CT molecular complexity index is 976. The Morgan fingerprint density at radius 2 is 2.03 bits per heavy atom. The zero-order valence-corrected chi connectivity index (χ0v) is 17.6. The van der Waals surface area contributed by atoms with E-state index in [-0.39, 0.29) is 24.2 Å². The predicted molar refractivity (Wildman–Crippen MR) is 108 cm³/mol. The lowest BCUT2D eigenvalue weighted by molar-refractivity contribution is -0.398. The maximum atomic E-state index is 13.1. The second-order valence-electron chi connectivity index (χ2n) is 8.66. The fourth-order valence-electron chi connectivity index (χ4n) is 4.27. The minimum Gasteiger partial charge on any atom is -0.868 e. The molecule has 1 unspecified atom stereocenters. The first-order chi connectivity index (χ1) is 14.1. The molecule has 1 aliphatic carbocycles. The van der Waals surface area contributed by atoms with E-state index in [0.717, 1.165) is 6.07 Å². The molecule has 0 aromatic heterocycles. The molecule has 0 fully saturated rings. The van der Waals surface area contributed by atoms with Crippen molar-refractivity contribution in [1.82, 2.24) is 0 Å². The average molecular weight is 413 g/mol. The number of ether oxygens (including phenoxy) is 1. The molecule has 160 valence electrons. The zero-order valence-electron chi connectivity index (χ0n) is 17.6. The SMILES string of the molecule is CCCOC(=O)C1C(C)=NC2=C(C(=O)CC(C)(C)C2)[C@@H]1c1ccc([O-])c([N+](=O)[O-])c1. The number of aliphatic imine (C=N–C) groups is 1. The van der Waals surface area contributed by atoms with Gasteiger partial charge in [-0.2, -0.15) is 0 Å². The second-order valence-corrected chi connectivity index (χ2v) is 8.66. The topological polar surface area (TPSA) is 122 Å². The molecule has 0 saturated carbocycles. The summed E-state index contributed by atoms with van der Waals surface area (Å²) in [6, 6.07) is 3.74. The molecule has 3 rings (SSSR count). The predicted octanol–water partition coefficient (Wildman–Crippen LogP) is 3.44. The van der Waals surface area contributed by atoms with Crippen molar-refractivity contribution in [3.63, 3.8) is 0 Å². The summed E-state index contributed by atoms with van der Waals surface area (Å²) in [5.74, 6) is -3.03. The van der Waals surface area contributed by atoms with E-state index in [9.17, 15) is 24.8 Å². The molecule has 1 heterocycles. The maximum absolute atomic E-state index is 13.1. The molecule has 2 atom stereocenters. The van der Waals surface area contributed by atoms with Gasteiger partial charge in [-0.15, -0.1) is 0 Å². The molecule has 0 spiro atoms. The third-order valence-corrected chi connectivity index (χ3v) is 5.54. The molecule has 30 heavy (non-hydrogen) atoms. The van der Waals surface area contributed by atoms with E-state index >= 15 is 0 Å². The molecule has 0 radical (unpaired) electrons. The van der Waals surface area contributed by atoms with Gasteiger partial charge < -0.3 is 9.84 Å². The number of ketones is 1. The molecular formula is C22H25N2O6-. The zero-order chi connectivity index (χ0) is 22.2. The van der Waals surface area contributed by atoms with Crippen LogP contribution in [0, 0.1) is 21.4 Å². The van der Waals surface area contributed by atoms with Gasteiger partial charge in [-0.3, -0.25) is 24.7 Å². The third-order valence-electron chi connectivity index (χ3n) is 5.54. The minimum absolute atomic E-state index is 0.135. The number of allylic oxidation sites excluding steroid dienone is 2. The first-order valence-corrected chi connectivity index (χ1v) is 9.99. The number of benzene rings is 1. The van der Waals surface area contributed by atoms with Crippen molar-refractivity contribution < 1.29 is 24.4 Å². The lowest BCUT2D eigenvalue weighted by Gasteiger charge is -2.39. The number of nitro groups is 1. The highest BCUT2D eigenvalue weighted by Gasteiger charge is 2.46. The molecule has 8 nitrogen and oxygen atoms in total. The standard InChI is InChI=1S/C22H26N2O6/c1-5-8-30-21(27)18-12(2)23-14-10-22(3,4)11-17(26)20(14)19(18)13-6-7-16(25)15(9-13)24(28)29/h6-7,9,18-19,25H,5,8,10-11H2,1-4H3/p-1/t18?,19-/m1/s1. The molecule has 2 aliphatic rings. The molecule has 1 aromatic carbocycles. The monoisotopic (exact) mass is 413 g/mol. The Kier molecular flexibility index (Phi) is 5.78. The highest BCUT2D eigenvalue weighted by atomic mass is 16.6. The average Bonchev–Trinajstić information content (AvgIpc) is 2.64. The van der Waals surface area contributed by atoms with Gasteiger partial charge >= 0.3 is 5.97 Å². The van der Waals surface area contributed by atoms with Crippen LogP contribution in [-0.2, 0) is 14.3 Å². The summed E-state index contributed by atoms with van der Waals surface area (Å²) in [4.78, 5) is 41.2. The molecule has 1 aromatic rings. The number of nitro benzene ring substituents is 1. The van der Waals surface area contributed by atoms with Gasteiger partial charge in [0, 0.05) is 35.4 Å². The van der Waals surface area contributed by atoms with Gasteiger partial charge in [-0.25, -0.2) is 0 Å². The van der Waals surface area contributed by atoms with Crippen LogP contribution in [0.15, 0.2) is 34.5 Å². The lowest BCUT2D eigenvalue weighted by Crippen LogP contribution is -2.39. The third kappa shape index (κ3) is 3.99. The highest BCUT2D eigenvalue weighted by Crippen LogP contribution is 2.48. The second kappa shape index (κ2) is 8.01.